The van der Waals surface area contributed by atoms with Crippen LogP contribution in [0.15, 0.2) is 36.9 Å². The SMILES string of the molecule is C=CCCNCC(=O)Nc1ccccc1F. The summed E-state index contributed by atoms with van der Waals surface area (Å²) in [5, 5.41) is 5.40. The van der Waals surface area contributed by atoms with Gasteiger partial charge < -0.3 is 10.6 Å². The Bertz CT molecular complexity index is 366. The average molecular weight is 222 g/mol. The Hall–Kier alpha value is -1.68. The van der Waals surface area contributed by atoms with Gasteiger partial charge in [0.2, 0.25) is 5.91 Å². The molecule has 0 unspecified atom stereocenters. The van der Waals surface area contributed by atoms with Gasteiger partial charge in [-0.2, -0.15) is 0 Å². The van der Waals surface area contributed by atoms with Crippen molar-refractivity contribution in [3.05, 3.63) is 42.7 Å². The molecule has 0 aliphatic rings. The van der Waals surface area contributed by atoms with E-state index in [1.807, 2.05) is 0 Å². The van der Waals surface area contributed by atoms with E-state index < -0.39 is 5.82 Å². The van der Waals surface area contributed by atoms with E-state index in [4.69, 9.17) is 0 Å². The lowest BCUT2D eigenvalue weighted by atomic mass is 10.3. The number of hydrogen-bond donors (Lipinski definition) is 2. The highest BCUT2D eigenvalue weighted by Gasteiger charge is 2.04. The lowest BCUT2D eigenvalue weighted by Gasteiger charge is -2.06. The van der Waals surface area contributed by atoms with Gasteiger partial charge in [-0.05, 0) is 25.1 Å². The molecule has 3 nitrogen and oxygen atoms in total. The molecule has 86 valence electrons. The molecule has 1 aromatic rings. The Kier molecular flexibility index (Phi) is 5.22. The number of halogens is 1. The number of hydrogen-bond acceptors (Lipinski definition) is 2. The molecule has 0 fully saturated rings. The fraction of sp³-hybridized carbons (Fsp3) is 0.250. The molecule has 0 bridgehead atoms. The summed E-state index contributed by atoms with van der Waals surface area (Å²) in [7, 11) is 0. The Morgan fingerprint density at radius 3 is 2.88 bits per heavy atom. The van der Waals surface area contributed by atoms with Gasteiger partial charge in [-0.1, -0.05) is 18.2 Å². The van der Waals surface area contributed by atoms with Crippen LogP contribution in [0.25, 0.3) is 0 Å². The van der Waals surface area contributed by atoms with Gasteiger partial charge in [-0.3, -0.25) is 4.79 Å². The molecule has 0 heterocycles. The van der Waals surface area contributed by atoms with Gasteiger partial charge in [0.25, 0.3) is 0 Å². The number of benzene rings is 1. The lowest BCUT2D eigenvalue weighted by Crippen LogP contribution is -2.28. The molecule has 0 spiro atoms. The van der Waals surface area contributed by atoms with Crippen LogP contribution in [0, 0.1) is 5.82 Å². The normalized spacial score (nSPS) is 9.81. The number of para-hydroxylation sites is 1. The number of nitrogens with one attached hydrogen (secondary N) is 2. The smallest absolute Gasteiger partial charge is 0.238 e. The molecular weight excluding hydrogens is 207 g/mol. The highest BCUT2D eigenvalue weighted by atomic mass is 19.1. The number of rotatable bonds is 6. The van der Waals surface area contributed by atoms with E-state index in [1.165, 1.54) is 12.1 Å². The third-order valence-electron chi connectivity index (χ3n) is 1.96. The Morgan fingerprint density at radius 1 is 1.44 bits per heavy atom. The van der Waals surface area contributed by atoms with Crippen LogP contribution < -0.4 is 10.6 Å². The standard InChI is InChI=1S/C12H15FN2O/c1-2-3-8-14-9-12(16)15-11-7-5-4-6-10(11)13/h2,4-7,14H,1,3,8-9H2,(H,15,16). The second-order valence-corrected chi connectivity index (χ2v) is 3.28. The number of anilines is 1. The van der Waals surface area contributed by atoms with Crippen molar-refractivity contribution in [2.75, 3.05) is 18.4 Å². The van der Waals surface area contributed by atoms with E-state index in [0.29, 0.717) is 6.54 Å². The zero-order chi connectivity index (χ0) is 11.8. The van der Waals surface area contributed by atoms with Crippen LogP contribution in [0.5, 0.6) is 0 Å². The summed E-state index contributed by atoms with van der Waals surface area (Å²) >= 11 is 0. The molecule has 0 aliphatic carbocycles. The fourth-order valence-corrected chi connectivity index (χ4v) is 1.16. The van der Waals surface area contributed by atoms with Crippen molar-refractivity contribution < 1.29 is 9.18 Å². The van der Waals surface area contributed by atoms with Crippen molar-refractivity contribution >= 4 is 11.6 Å². The third-order valence-corrected chi connectivity index (χ3v) is 1.96. The van der Waals surface area contributed by atoms with Crippen molar-refractivity contribution in [2.45, 2.75) is 6.42 Å². The lowest BCUT2D eigenvalue weighted by molar-refractivity contribution is -0.115. The minimum atomic E-state index is -0.429. The maximum Gasteiger partial charge on any atom is 0.238 e. The first-order valence-electron chi connectivity index (χ1n) is 5.10. The maximum atomic E-state index is 13.1. The summed E-state index contributed by atoms with van der Waals surface area (Å²) in [6, 6.07) is 6.08. The predicted molar refractivity (Wildman–Crippen MR) is 62.7 cm³/mol. The van der Waals surface area contributed by atoms with Crippen LogP contribution in [0.2, 0.25) is 0 Å². The number of carbonyl (C=O) groups is 1. The zero-order valence-corrected chi connectivity index (χ0v) is 9.00. The monoisotopic (exact) mass is 222 g/mol. The molecule has 0 saturated heterocycles. The minimum Gasteiger partial charge on any atom is -0.322 e. The van der Waals surface area contributed by atoms with Crippen LogP contribution in [0.1, 0.15) is 6.42 Å². The summed E-state index contributed by atoms with van der Waals surface area (Å²) in [6.45, 7) is 4.42. The molecule has 0 radical (unpaired) electrons. The summed E-state index contributed by atoms with van der Waals surface area (Å²) in [5.41, 5.74) is 0.207. The fourth-order valence-electron chi connectivity index (χ4n) is 1.16. The Labute approximate surface area is 94.4 Å². The van der Waals surface area contributed by atoms with Crippen molar-refractivity contribution in [1.29, 1.82) is 0 Å². The first kappa shape index (κ1) is 12.4. The summed E-state index contributed by atoms with van der Waals surface area (Å²) in [5.74, 6) is -0.684. The van der Waals surface area contributed by atoms with Crippen LogP contribution >= 0.6 is 0 Å². The first-order chi connectivity index (χ1) is 7.74. The van der Waals surface area contributed by atoms with Crippen molar-refractivity contribution in [3.8, 4) is 0 Å². The molecule has 0 aromatic heterocycles. The van der Waals surface area contributed by atoms with E-state index in [0.717, 1.165) is 6.42 Å². The number of carbonyl (C=O) groups excluding carboxylic acids is 1. The highest BCUT2D eigenvalue weighted by molar-refractivity contribution is 5.92. The van der Waals surface area contributed by atoms with Crippen LogP contribution in [-0.2, 0) is 4.79 Å². The predicted octanol–water partition coefficient (Wildman–Crippen LogP) is 1.93. The zero-order valence-electron chi connectivity index (χ0n) is 9.00. The second kappa shape index (κ2) is 6.74. The summed E-state index contributed by atoms with van der Waals surface area (Å²) < 4.78 is 13.1. The average Bonchev–Trinajstić information content (AvgIpc) is 2.28. The van der Waals surface area contributed by atoms with Crippen LogP contribution in [0.3, 0.4) is 0 Å². The van der Waals surface area contributed by atoms with Gasteiger partial charge in [0.1, 0.15) is 5.82 Å². The second-order valence-electron chi connectivity index (χ2n) is 3.28. The molecule has 2 N–H and O–H groups in total. The van der Waals surface area contributed by atoms with E-state index in [2.05, 4.69) is 17.2 Å². The molecule has 0 atom stereocenters. The van der Waals surface area contributed by atoms with E-state index in [1.54, 1.807) is 18.2 Å². The molecule has 1 rings (SSSR count). The quantitative estimate of drug-likeness (QED) is 0.570. The van der Waals surface area contributed by atoms with Crippen molar-refractivity contribution in [2.24, 2.45) is 0 Å². The van der Waals surface area contributed by atoms with Gasteiger partial charge in [0.05, 0.1) is 12.2 Å². The van der Waals surface area contributed by atoms with Crippen LogP contribution in [-0.4, -0.2) is 19.0 Å². The van der Waals surface area contributed by atoms with Gasteiger partial charge in [-0.15, -0.1) is 6.58 Å². The van der Waals surface area contributed by atoms with Crippen molar-refractivity contribution in [3.63, 3.8) is 0 Å². The van der Waals surface area contributed by atoms with Gasteiger partial charge in [0.15, 0.2) is 0 Å². The topological polar surface area (TPSA) is 41.1 Å². The molecule has 0 saturated carbocycles. The van der Waals surface area contributed by atoms with E-state index >= 15 is 0 Å². The molecule has 1 amide bonds. The largest absolute Gasteiger partial charge is 0.322 e. The number of amides is 1. The summed E-state index contributed by atoms with van der Waals surface area (Å²) in [6.07, 6.45) is 2.56. The Morgan fingerprint density at radius 2 is 2.19 bits per heavy atom. The van der Waals surface area contributed by atoms with E-state index in [-0.39, 0.29) is 18.1 Å². The Balaban J connectivity index is 2.34. The minimum absolute atomic E-state index is 0.169. The molecule has 0 aliphatic heterocycles. The van der Waals surface area contributed by atoms with Crippen LogP contribution in [0.4, 0.5) is 10.1 Å². The molecular formula is C12H15FN2O. The highest BCUT2D eigenvalue weighted by Crippen LogP contribution is 2.11. The summed E-state index contributed by atoms with van der Waals surface area (Å²) in [4.78, 5) is 11.4. The molecule has 16 heavy (non-hydrogen) atoms. The molecule has 4 heteroatoms. The third kappa shape index (κ3) is 4.23. The molecule has 1 aromatic carbocycles. The van der Waals surface area contributed by atoms with Gasteiger partial charge in [-0.25, -0.2) is 4.39 Å². The first-order valence-corrected chi connectivity index (χ1v) is 5.10. The van der Waals surface area contributed by atoms with Gasteiger partial charge in [0, 0.05) is 0 Å². The van der Waals surface area contributed by atoms with E-state index in [9.17, 15) is 9.18 Å². The maximum absolute atomic E-state index is 13.1. The van der Waals surface area contributed by atoms with Crippen molar-refractivity contribution in [1.82, 2.24) is 5.32 Å². The van der Waals surface area contributed by atoms with Gasteiger partial charge >= 0.3 is 0 Å².